The van der Waals surface area contributed by atoms with E-state index in [9.17, 15) is 14.7 Å². The van der Waals surface area contributed by atoms with Crippen molar-refractivity contribution < 1.29 is 38.4 Å². The molecular weight excluding hydrogens is 737 g/mol. The number of nitrogens with one attached hydrogen (secondary N) is 1. The molecule has 12 nitrogen and oxygen atoms in total. The molecule has 310 valence electrons. The number of benzene rings is 2. The van der Waals surface area contributed by atoms with Crippen LogP contribution in [0.2, 0.25) is 0 Å². The van der Waals surface area contributed by atoms with Crippen LogP contribution < -0.4 is 9.64 Å². The maximum atomic E-state index is 15.3. The molecule has 9 rings (SSSR count). The molecule has 12 heteroatoms. The molecule has 3 fully saturated rings. The number of fused-ring (bicyclic) bond motifs is 6. The van der Waals surface area contributed by atoms with E-state index >= 15 is 4.79 Å². The smallest absolute Gasteiger partial charge is 0.344 e. The highest BCUT2D eigenvalue weighted by molar-refractivity contribution is 5.95. The van der Waals surface area contributed by atoms with Crippen LogP contribution in [0.5, 0.6) is 5.75 Å². The second kappa shape index (κ2) is 13.8. The van der Waals surface area contributed by atoms with Gasteiger partial charge in [0.05, 0.1) is 27.4 Å². The average molecular weight is 795 g/mol. The summed E-state index contributed by atoms with van der Waals surface area (Å²) in [5, 5.41) is 14.4. The van der Waals surface area contributed by atoms with Gasteiger partial charge >= 0.3 is 17.9 Å². The van der Waals surface area contributed by atoms with Crippen molar-refractivity contribution in [1.82, 2.24) is 14.8 Å². The number of likely N-dealkylation sites (N-methyl/N-ethyl adjacent to an activating group) is 1. The second-order valence-corrected chi connectivity index (χ2v) is 18.0. The monoisotopic (exact) mass is 794 g/mol. The van der Waals surface area contributed by atoms with E-state index in [0.717, 1.165) is 72.3 Å². The van der Waals surface area contributed by atoms with E-state index < -0.39 is 45.9 Å². The number of piperidine rings is 1. The number of methoxy groups -OCH3 is 3. The summed E-state index contributed by atoms with van der Waals surface area (Å²) >= 11 is 0. The van der Waals surface area contributed by atoms with Crippen LogP contribution in [0.25, 0.3) is 10.9 Å². The summed E-state index contributed by atoms with van der Waals surface area (Å²) in [4.78, 5) is 53.5. The van der Waals surface area contributed by atoms with Crippen LogP contribution >= 0.6 is 0 Å². The minimum absolute atomic E-state index is 0.184. The number of hydrogen-bond donors (Lipinski definition) is 2. The van der Waals surface area contributed by atoms with E-state index in [4.69, 9.17) is 18.9 Å². The fourth-order valence-corrected chi connectivity index (χ4v) is 13.5. The van der Waals surface area contributed by atoms with Crippen molar-refractivity contribution in [2.24, 2.45) is 17.3 Å². The molecule has 2 aromatic carbocycles. The Balaban J connectivity index is 1.36. The van der Waals surface area contributed by atoms with Gasteiger partial charge in [-0.1, -0.05) is 50.6 Å². The molecule has 3 aromatic rings. The lowest BCUT2D eigenvalue weighted by Crippen LogP contribution is -2.81. The normalized spacial score (nSPS) is 36.1. The lowest BCUT2D eigenvalue weighted by atomic mass is 9.47. The Kier molecular flexibility index (Phi) is 9.33. The van der Waals surface area contributed by atoms with E-state index in [1.807, 2.05) is 31.0 Å². The molecule has 6 heterocycles. The Labute approximate surface area is 340 Å². The number of carbonyl (C=O) groups excluding carboxylic acids is 3. The number of esters is 3. The Morgan fingerprint density at radius 3 is 2.47 bits per heavy atom. The highest BCUT2D eigenvalue weighted by Crippen LogP contribution is 2.68. The minimum atomic E-state index is -2.27. The van der Waals surface area contributed by atoms with Crippen molar-refractivity contribution in [1.29, 1.82) is 0 Å². The molecule has 2 N–H and O–H groups in total. The number of anilines is 1. The average Bonchev–Trinajstić information content (AvgIpc) is 3.89. The summed E-state index contributed by atoms with van der Waals surface area (Å²) in [5.41, 5.74) is -0.0554. The summed E-state index contributed by atoms with van der Waals surface area (Å²) < 4.78 is 24.0. The fraction of sp³-hybridized carbons (Fsp3) is 0.587. The minimum Gasteiger partial charge on any atom is -0.496 e. The van der Waals surface area contributed by atoms with Crippen LogP contribution in [0, 0.1) is 17.3 Å². The molecule has 1 unspecified atom stereocenters. The van der Waals surface area contributed by atoms with E-state index in [1.54, 1.807) is 7.11 Å². The van der Waals surface area contributed by atoms with Crippen molar-refractivity contribution in [3.63, 3.8) is 0 Å². The van der Waals surface area contributed by atoms with Gasteiger partial charge < -0.3 is 38.8 Å². The zero-order valence-electron chi connectivity index (χ0n) is 34.9. The molecule has 1 aromatic heterocycles. The number of carbonyl (C=O) groups is 3. The van der Waals surface area contributed by atoms with Gasteiger partial charge in [-0.15, -0.1) is 0 Å². The van der Waals surface area contributed by atoms with E-state index in [0.29, 0.717) is 49.6 Å². The first kappa shape index (κ1) is 39.1. The molecule has 6 aliphatic rings. The number of para-hydroxylation sites is 1. The fourth-order valence-electron chi connectivity index (χ4n) is 13.5. The largest absolute Gasteiger partial charge is 0.496 e. The summed E-state index contributed by atoms with van der Waals surface area (Å²) in [6.07, 6.45) is 7.33. The maximum Gasteiger partial charge on any atom is 0.344 e. The Hall–Kier alpha value is -4.39. The Bertz CT molecular complexity index is 2200. The van der Waals surface area contributed by atoms with Gasteiger partial charge in [0.15, 0.2) is 6.10 Å². The van der Waals surface area contributed by atoms with Crippen LogP contribution in [0.3, 0.4) is 0 Å². The molecule has 0 radical (unpaired) electrons. The molecule has 0 amide bonds. The third-order valence-corrected chi connectivity index (χ3v) is 15.5. The highest BCUT2D eigenvalue weighted by atomic mass is 16.6. The zero-order valence-corrected chi connectivity index (χ0v) is 34.9. The van der Waals surface area contributed by atoms with Crippen molar-refractivity contribution in [3.05, 3.63) is 70.9 Å². The molecule has 5 aliphatic heterocycles. The summed E-state index contributed by atoms with van der Waals surface area (Å²) in [7, 11) is 6.28. The quantitative estimate of drug-likeness (QED) is 0.193. The standard InChI is InChI=1S/C46H58N4O8/c1-8-28-21-29-24-45(41(52)56-6,37-31(15-19-49(25-28)26-29)30-13-10-11-14-34(30)47-37)33-22-32-35(23-36(33)55-5)48(4)39-44(32)17-20-50-18-12-16-43(9-2,38(44)50)40(58-27(3)51)46(39,54)42(53)57-7/h10-14,16,22-23,28-29,38-40,47,54H,8-9,15,17-21,24-26H2,1-7H3/t28-,29+,38-,39+,40+,43+,44+,45-,46-/m0/s1. The Morgan fingerprint density at radius 1 is 0.983 bits per heavy atom. The number of aromatic amines is 1. The Morgan fingerprint density at radius 2 is 1.76 bits per heavy atom. The topological polar surface area (TPSA) is 134 Å². The first-order valence-corrected chi connectivity index (χ1v) is 21.2. The van der Waals surface area contributed by atoms with Crippen LogP contribution in [0.15, 0.2) is 48.6 Å². The van der Waals surface area contributed by atoms with Gasteiger partial charge in [0.2, 0.25) is 5.60 Å². The third kappa shape index (κ3) is 5.00. The molecule has 1 aliphatic carbocycles. The predicted molar refractivity (Wildman–Crippen MR) is 219 cm³/mol. The van der Waals surface area contributed by atoms with Crippen LogP contribution in [-0.2, 0) is 45.8 Å². The molecule has 1 spiro atoms. The van der Waals surface area contributed by atoms with Crippen LogP contribution in [0.1, 0.15) is 75.3 Å². The van der Waals surface area contributed by atoms with Gasteiger partial charge in [0.25, 0.3) is 0 Å². The molecule has 10 atom stereocenters. The van der Waals surface area contributed by atoms with Gasteiger partial charge in [0, 0.05) is 90.9 Å². The van der Waals surface area contributed by atoms with E-state index in [-0.39, 0.29) is 17.9 Å². The molecule has 2 bridgehead atoms. The second-order valence-electron chi connectivity index (χ2n) is 18.0. The highest BCUT2D eigenvalue weighted by Gasteiger charge is 2.80. The predicted octanol–water partition coefficient (Wildman–Crippen LogP) is 4.88. The summed E-state index contributed by atoms with van der Waals surface area (Å²) in [6, 6.07) is 11.3. The third-order valence-electron chi connectivity index (χ3n) is 15.5. The lowest BCUT2D eigenvalue weighted by molar-refractivity contribution is -0.228. The molecule has 58 heavy (non-hydrogen) atoms. The van der Waals surface area contributed by atoms with Crippen molar-refractivity contribution >= 4 is 34.5 Å². The number of ether oxygens (including phenoxy) is 4. The lowest BCUT2D eigenvalue weighted by Gasteiger charge is -2.63. The van der Waals surface area contributed by atoms with Crippen molar-refractivity contribution in [2.75, 3.05) is 66.0 Å². The van der Waals surface area contributed by atoms with Gasteiger partial charge in [0.1, 0.15) is 11.2 Å². The number of rotatable bonds is 7. The number of hydrogen-bond acceptors (Lipinski definition) is 11. The van der Waals surface area contributed by atoms with E-state index in [1.165, 1.54) is 21.1 Å². The van der Waals surface area contributed by atoms with Crippen molar-refractivity contribution in [2.45, 2.75) is 93.9 Å². The van der Waals surface area contributed by atoms with Gasteiger partial charge in [-0.05, 0) is 73.7 Å². The first-order valence-electron chi connectivity index (χ1n) is 21.2. The number of aliphatic hydroxyl groups is 1. The summed E-state index contributed by atoms with van der Waals surface area (Å²) in [6.45, 7) is 9.79. The maximum absolute atomic E-state index is 15.3. The number of nitrogens with zero attached hydrogens (tertiary/aromatic N) is 3. The summed E-state index contributed by atoms with van der Waals surface area (Å²) in [5.74, 6) is -0.578. The van der Waals surface area contributed by atoms with Gasteiger partial charge in [-0.2, -0.15) is 0 Å². The van der Waals surface area contributed by atoms with Crippen LogP contribution in [-0.4, -0.2) is 123 Å². The van der Waals surface area contributed by atoms with E-state index in [2.05, 4.69) is 58.1 Å². The molecule has 2 saturated heterocycles. The SMILES string of the molecule is CC[C@H]1C[C@H]2CN(CCc3c([nH]c4ccccc34)[C@@](C(=O)OC)(c3cc4c(cc3OC)N(C)[C@H]3[C@@](O)(C(=O)OC)[C@H](OC(C)=O)[C@]5(CC)C=CCN6CC[C@]43[C@@H]65)C2)C1. The van der Waals surface area contributed by atoms with Gasteiger partial charge in [-0.25, -0.2) is 4.79 Å². The molecule has 1 saturated carbocycles. The van der Waals surface area contributed by atoms with Crippen LogP contribution in [0.4, 0.5) is 5.69 Å². The zero-order chi connectivity index (χ0) is 40.9. The number of aromatic nitrogens is 1. The molecular formula is C46H58N4O8. The van der Waals surface area contributed by atoms with Gasteiger partial charge in [-0.3, -0.25) is 14.5 Å². The van der Waals surface area contributed by atoms with Crippen molar-refractivity contribution in [3.8, 4) is 5.75 Å². The first-order chi connectivity index (χ1) is 27.9. The number of H-pyrrole nitrogens is 1.